The van der Waals surface area contributed by atoms with Crippen LogP contribution in [0.2, 0.25) is 0 Å². The predicted molar refractivity (Wildman–Crippen MR) is 96.4 cm³/mol. The average molecular weight is 360 g/mol. The van der Waals surface area contributed by atoms with E-state index >= 15 is 0 Å². The fraction of sp³-hybridized carbons (Fsp3) is 0.278. The summed E-state index contributed by atoms with van der Waals surface area (Å²) >= 11 is 0. The highest BCUT2D eigenvalue weighted by Gasteiger charge is 2.35. The Morgan fingerprint density at radius 1 is 1.20 bits per heavy atom. The summed E-state index contributed by atoms with van der Waals surface area (Å²) in [4.78, 5) is 11.6. The summed E-state index contributed by atoms with van der Waals surface area (Å²) in [6.07, 6.45) is 0.123. The van der Waals surface area contributed by atoms with Crippen molar-refractivity contribution in [1.29, 1.82) is 0 Å². The monoisotopic (exact) mass is 360 g/mol. The number of para-hydroxylation sites is 1. The molecule has 7 heteroatoms. The maximum absolute atomic E-state index is 13.1. The van der Waals surface area contributed by atoms with E-state index in [1.54, 1.807) is 19.1 Å². The molecule has 1 heterocycles. The SMILES string of the molecule is CCOC(=O)Nc1ccc(S(=O)(=O)N2c3ccccc3C[C@H]2C)cc1. The van der Waals surface area contributed by atoms with E-state index in [0.29, 0.717) is 12.1 Å². The number of rotatable bonds is 4. The minimum atomic E-state index is -3.67. The second kappa shape index (κ2) is 6.76. The molecular formula is C18H20N2O4S. The Labute approximate surface area is 147 Å². The van der Waals surface area contributed by atoms with E-state index in [1.807, 2.05) is 31.2 Å². The van der Waals surface area contributed by atoms with Crippen LogP contribution in [0.1, 0.15) is 19.4 Å². The molecular weight excluding hydrogens is 340 g/mol. The van der Waals surface area contributed by atoms with Crippen LogP contribution in [0.4, 0.5) is 16.2 Å². The Hall–Kier alpha value is -2.54. The molecule has 0 aromatic heterocycles. The molecule has 25 heavy (non-hydrogen) atoms. The van der Waals surface area contributed by atoms with Crippen molar-refractivity contribution in [2.45, 2.75) is 31.2 Å². The normalized spacial score (nSPS) is 16.4. The first-order chi connectivity index (χ1) is 11.9. The zero-order chi connectivity index (χ0) is 18.0. The highest BCUT2D eigenvalue weighted by molar-refractivity contribution is 7.92. The maximum Gasteiger partial charge on any atom is 0.411 e. The lowest BCUT2D eigenvalue weighted by atomic mass is 10.1. The van der Waals surface area contributed by atoms with Crippen LogP contribution in [0.3, 0.4) is 0 Å². The second-order valence-corrected chi connectivity index (χ2v) is 7.67. The average Bonchev–Trinajstić information content (AvgIpc) is 2.92. The van der Waals surface area contributed by atoms with E-state index in [4.69, 9.17) is 4.74 Å². The standard InChI is InChI=1S/C18H20N2O4S/c1-3-24-18(21)19-15-8-10-16(11-9-15)25(22,23)20-13(2)12-14-6-4-5-7-17(14)20/h4-11,13H,3,12H2,1-2H3,(H,19,21)/t13-/m1/s1. The van der Waals surface area contributed by atoms with Gasteiger partial charge in [-0.1, -0.05) is 18.2 Å². The summed E-state index contributed by atoms with van der Waals surface area (Å²) in [7, 11) is -3.67. The van der Waals surface area contributed by atoms with Gasteiger partial charge in [0, 0.05) is 11.7 Å². The smallest absolute Gasteiger partial charge is 0.411 e. The summed E-state index contributed by atoms with van der Waals surface area (Å²) in [6, 6.07) is 13.5. The predicted octanol–water partition coefficient (Wildman–Crippen LogP) is 3.39. The minimum Gasteiger partial charge on any atom is -0.450 e. The molecule has 132 valence electrons. The molecule has 2 aromatic rings. The van der Waals surface area contributed by atoms with E-state index in [-0.39, 0.29) is 17.5 Å². The minimum absolute atomic E-state index is 0.139. The van der Waals surface area contributed by atoms with Crippen LogP contribution in [0.5, 0.6) is 0 Å². The van der Waals surface area contributed by atoms with Crippen LogP contribution < -0.4 is 9.62 Å². The van der Waals surface area contributed by atoms with Crippen LogP contribution >= 0.6 is 0 Å². The topological polar surface area (TPSA) is 75.7 Å². The zero-order valence-electron chi connectivity index (χ0n) is 14.1. The van der Waals surface area contributed by atoms with Gasteiger partial charge in [-0.2, -0.15) is 0 Å². The number of hydrogen-bond acceptors (Lipinski definition) is 4. The van der Waals surface area contributed by atoms with Crippen LogP contribution in [0.25, 0.3) is 0 Å². The van der Waals surface area contributed by atoms with Gasteiger partial charge in [-0.3, -0.25) is 9.62 Å². The van der Waals surface area contributed by atoms with Crippen molar-refractivity contribution in [3.05, 3.63) is 54.1 Å². The molecule has 0 saturated carbocycles. The van der Waals surface area contributed by atoms with Crippen molar-refractivity contribution in [1.82, 2.24) is 0 Å². The summed E-state index contributed by atoms with van der Waals surface area (Å²) in [5.74, 6) is 0. The van der Waals surface area contributed by atoms with E-state index in [9.17, 15) is 13.2 Å². The number of amides is 1. The van der Waals surface area contributed by atoms with E-state index < -0.39 is 16.1 Å². The van der Waals surface area contributed by atoms with Gasteiger partial charge in [0.1, 0.15) is 0 Å². The first kappa shape index (κ1) is 17.3. The molecule has 0 radical (unpaired) electrons. The molecule has 0 spiro atoms. The van der Waals surface area contributed by atoms with Crippen molar-refractivity contribution in [2.24, 2.45) is 0 Å². The molecule has 6 nitrogen and oxygen atoms in total. The lowest BCUT2D eigenvalue weighted by Crippen LogP contribution is -2.35. The van der Waals surface area contributed by atoms with Crippen LogP contribution in [0, 0.1) is 0 Å². The third-order valence-corrected chi connectivity index (χ3v) is 6.02. The van der Waals surface area contributed by atoms with Gasteiger partial charge >= 0.3 is 6.09 Å². The fourth-order valence-corrected chi connectivity index (χ4v) is 4.70. The van der Waals surface area contributed by atoms with Crippen molar-refractivity contribution in [3.63, 3.8) is 0 Å². The Kier molecular flexibility index (Phi) is 4.67. The number of carbonyl (C=O) groups excluding carboxylic acids is 1. The Bertz CT molecular complexity index is 878. The first-order valence-electron chi connectivity index (χ1n) is 8.09. The summed E-state index contributed by atoms with van der Waals surface area (Å²) in [5, 5.41) is 2.55. The number of hydrogen-bond donors (Lipinski definition) is 1. The van der Waals surface area contributed by atoms with E-state index in [0.717, 1.165) is 11.3 Å². The van der Waals surface area contributed by atoms with Gasteiger partial charge < -0.3 is 4.74 Å². The van der Waals surface area contributed by atoms with Crippen LogP contribution in [-0.2, 0) is 21.2 Å². The number of ether oxygens (including phenoxy) is 1. The Balaban J connectivity index is 1.87. The number of anilines is 2. The molecule has 2 aromatic carbocycles. The number of carbonyl (C=O) groups is 1. The molecule has 3 rings (SSSR count). The third kappa shape index (κ3) is 3.32. The number of nitrogens with zero attached hydrogens (tertiary/aromatic N) is 1. The summed E-state index contributed by atoms with van der Waals surface area (Å²) in [6.45, 7) is 3.88. The molecule has 0 saturated heterocycles. The molecule has 0 fully saturated rings. The van der Waals surface area contributed by atoms with Crippen molar-refractivity contribution in [3.8, 4) is 0 Å². The summed E-state index contributed by atoms with van der Waals surface area (Å²) in [5.41, 5.74) is 2.23. The Morgan fingerprint density at radius 2 is 1.88 bits per heavy atom. The summed E-state index contributed by atoms with van der Waals surface area (Å²) < 4.78 is 32.4. The van der Waals surface area contributed by atoms with Crippen molar-refractivity contribution < 1.29 is 17.9 Å². The van der Waals surface area contributed by atoms with Crippen molar-refractivity contribution >= 4 is 27.5 Å². The third-order valence-electron chi connectivity index (χ3n) is 4.08. The van der Waals surface area contributed by atoms with Gasteiger partial charge in [-0.05, 0) is 56.2 Å². The van der Waals surface area contributed by atoms with E-state index in [2.05, 4.69) is 5.32 Å². The van der Waals surface area contributed by atoms with Gasteiger partial charge in [0.15, 0.2) is 0 Å². The van der Waals surface area contributed by atoms with Crippen molar-refractivity contribution in [2.75, 3.05) is 16.2 Å². The van der Waals surface area contributed by atoms with E-state index in [1.165, 1.54) is 16.4 Å². The number of benzene rings is 2. The molecule has 1 atom stereocenters. The van der Waals surface area contributed by atoms with Gasteiger partial charge in [0.05, 0.1) is 17.2 Å². The highest BCUT2D eigenvalue weighted by atomic mass is 32.2. The fourth-order valence-electron chi connectivity index (χ4n) is 3.01. The van der Waals surface area contributed by atoms with Crippen LogP contribution in [0.15, 0.2) is 53.4 Å². The molecule has 0 bridgehead atoms. The molecule has 1 amide bonds. The first-order valence-corrected chi connectivity index (χ1v) is 9.53. The lowest BCUT2D eigenvalue weighted by molar-refractivity contribution is 0.168. The Morgan fingerprint density at radius 3 is 2.56 bits per heavy atom. The second-order valence-electron chi connectivity index (χ2n) is 5.85. The molecule has 1 aliphatic heterocycles. The van der Waals surface area contributed by atoms with Gasteiger partial charge in [-0.25, -0.2) is 13.2 Å². The number of sulfonamides is 1. The van der Waals surface area contributed by atoms with Gasteiger partial charge in [0.2, 0.25) is 0 Å². The number of fused-ring (bicyclic) bond motifs is 1. The largest absolute Gasteiger partial charge is 0.450 e. The molecule has 1 N–H and O–H groups in total. The highest BCUT2D eigenvalue weighted by Crippen LogP contribution is 2.36. The van der Waals surface area contributed by atoms with Gasteiger partial charge in [-0.15, -0.1) is 0 Å². The molecule has 1 aliphatic rings. The van der Waals surface area contributed by atoms with Crippen LogP contribution in [-0.4, -0.2) is 27.2 Å². The maximum atomic E-state index is 13.1. The number of nitrogens with one attached hydrogen (secondary N) is 1. The zero-order valence-corrected chi connectivity index (χ0v) is 14.9. The molecule has 0 unspecified atom stereocenters. The lowest BCUT2D eigenvalue weighted by Gasteiger charge is -2.24. The quantitative estimate of drug-likeness (QED) is 0.907. The molecule has 0 aliphatic carbocycles. The van der Waals surface area contributed by atoms with Gasteiger partial charge in [0.25, 0.3) is 10.0 Å².